The molecule has 0 radical (unpaired) electrons. The van der Waals surface area contributed by atoms with Crippen LogP contribution in [0.2, 0.25) is 0 Å². The van der Waals surface area contributed by atoms with Gasteiger partial charge in [-0.15, -0.1) is 12.4 Å². The number of hydrogen-bond donors (Lipinski definition) is 1. The number of unbranched alkanes of at least 4 members (excludes halogenated alkanes) is 3. The van der Waals surface area contributed by atoms with Gasteiger partial charge in [0.1, 0.15) is 0 Å². The highest BCUT2D eigenvalue weighted by Gasteiger charge is 2.26. The topological polar surface area (TPSA) is 66.6 Å². The highest BCUT2D eigenvalue weighted by molar-refractivity contribution is 5.85. The predicted molar refractivity (Wildman–Crippen MR) is 104 cm³/mol. The van der Waals surface area contributed by atoms with E-state index in [2.05, 4.69) is 0 Å². The molecule has 5 nitrogen and oxygen atoms in total. The summed E-state index contributed by atoms with van der Waals surface area (Å²) >= 11 is 0. The molecule has 1 heterocycles. The van der Waals surface area contributed by atoms with Gasteiger partial charge in [0.2, 0.25) is 11.8 Å². The highest BCUT2D eigenvalue weighted by atomic mass is 35.5. The molecule has 146 valence electrons. The van der Waals surface area contributed by atoms with Gasteiger partial charge in [0.25, 0.3) is 0 Å². The molecule has 0 aromatic heterocycles. The summed E-state index contributed by atoms with van der Waals surface area (Å²) in [7, 11) is 0. The molecule has 1 aliphatic heterocycles. The third kappa shape index (κ3) is 7.95. The van der Waals surface area contributed by atoms with Crippen LogP contribution in [0.25, 0.3) is 0 Å². The fraction of sp³-hybridized carbons (Fsp3) is 0.895. The van der Waals surface area contributed by atoms with Gasteiger partial charge in [-0.05, 0) is 38.1 Å². The van der Waals surface area contributed by atoms with Gasteiger partial charge in [0, 0.05) is 39.0 Å². The van der Waals surface area contributed by atoms with E-state index >= 15 is 0 Å². The summed E-state index contributed by atoms with van der Waals surface area (Å²) in [5.74, 6) is 1.15. The van der Waals surface area contributed by atoms with Crippen molar-refractivity contribution in [2.75, 3.05) is 32.7 Å². The monoisotopic (exact) mass is 373 g/mol. The standard InChI is InChI=1S/C19H35N3O2.ClH/c20-11-7-2-1-6-10-18(23)21-12-14-22(15-13-21)19(24)16-17-8-4-3-5-9-17;/h17H,1-16,20H2;1H. The number of amides is 2. The van der Waals surface area contributed by atoms with Crippen LogP contribution in [0.4, 0.5) is 0 Å². The van der Waals surface area contributed by atoms with Gasteiger partial charge < -0.3 is 15.5 Å². The molecule has 2 rings (SSSR count). The second-order valence-electron chi connectivity index (χ2n) is 7.42. The molecule has 0 atom stereocenters. The average Bonchev–Trinajstić information content (AvgIpc) is 2.62. The first-order valence-corrected chi connectivity index (χ1v) is 9.96. The SMILES string of the molecule is Cl.NCCCCCCC(=O)N1CCN(C(=O)CC2CCCCC2)CC1. The van der Waals surface area contributed by atoms with E-state index in [1.807, 2.05) is 9.80 Å². The Morgan fingerprint density at radius 1 is 0.800 bits per heavy atom. The van der Waals surface area contributed by atoms with Crippen LogP contribution >= 0.6 is 12.4 Å². The Labute approximate surface area is 159 Å². The quantitative estimate of drug-likeness (QED) is 0.665. The Bertz CT molecular complexity index is 392. The van der Waals surface area contributed by atoms with Crippen molar-refractivity contribution in [1.29, 1.82) is 0 Å². The van der Waals surface area contributed by atoms with Crippen molar-refractivity contribution in [3.63, 3.8) is 0 Å². The van der Waals surface area contributed by atoms with E-state index in [4.69, 9.17) is 5.73 Å². The van der Waals surface area contributed by atoms with Crippen LogP contribution in [0.5, 0.6) is 0 Å². The number of carbonyl (C=O) groups is 2. The van der Waals surface area contributed by atoms with Crippen LogP contribution in [0.15, 0.2) is 0 Å². The number of nitrogens with two attached hydrogens (primary N) is 1. The fourth-order valence-electron chi connectivity index (χ4n) is 3.90. The van der Waals surface area contributed by atoms with Crippen molar-refractivity contribution >= 4 is 24.2 Å². The van der Waals surface area contributed by atoms with Gasteiger partial charge in [0.05, 0.1) is 0 Å². The molecule has 2 aliphatic rings. The number of rotatable bonds is 8. The third-order valence-corrected chi connectivity index (χ3v) is 5.52. The van der Waals surface area contributed by atoms with Crippen LogP contribution in [-0.2, 0) is 9.59 Å². The molecular weight excluding hydrogens is 338 g/mol. The third-order valence-electron chi connectivity index (χ3n) is 5.52. The van der Waals surface area contributed by atoms with Gasteiger partial charge in [-0.1, -0.05) is 32.1 Å². The van der Waals surface area contributed by atoms with Crippen molar-refractivity contribution in [1.82, 2.24) is 9.80 Å². The molecule has 1 aliphatic carbocycles. The van der Waals surface area contributed by atoms with Crippen molar-refractivity contribution in [3.05, 3.63) is 0 Å². The molecule has 2 amide bonds. The zero-order valence-electron chi connectivity index (χ0n) is 15.6. The van der Waals surface area contributed by atoms with E-state index in [1.165, 1.54) is 32.1 Å². The lowest BCUT2D eigenvalue weighted by Gasteiger charge is -2.36. The normalized spacial score (nSPS) is 18.8. The molecule has 0 unspecified atom stereocenters. The van der Waals surface area contributed by atoms with Crippen LogP contribution in [-0.4, -0.2) is 54.3 Å². The first-order chi connectivity index (χ1) is 11.7. The van der Waals surface area contributed by atoms with E-state index in [0.29, 0.717) is 44.4 Å². The second-order valence-corrected chi connectivity index (χ2v) is 7.42. The molecule has 25 heavy (non-hydrogen) atoms. The number of halogens is 1. The number of piperazine rings is 1. The Balaban J connectivity index is 0.00000312. The summed E-state index contributed by atoms with van der Waals surface area (Å²) in [4.78, 5) is 28.6. The molecule has 6 heteroatoms. The van der Waals surface area contributed by atoms with Crippen LogP contribution in [0, 0.1) is 5.92 Å². The Morgan fingerprint density at radius 3 is 1.96 bits per heavy atom. The minimum absolute atomic E-state index is 0. The van der Waals surface area contributed by atoms with Crippen molar-refractivity contribution in [2.45, 2.75) is 70.6 Å². The fourth-order valence-corrected chi connectivity index (χ4v) is 3.90. The van der Waals surface area contributed by atoms with Crippen molar-refractivity contribution < 1.29 is 9.59 Å². The van der Waals surface area contributed by atoms with Crippen LogP contribution in [0.3, 0.4) is 0 Å². The van der Waals surface area contributed by atoms with Gasteiger partial charge in [0.15, 0.2) is 0 Å². The lowest BCUT2D eigenvalue weighted by molar-refractivity contribution is -0.140. The predicted octanol–water partition coefficient (Wildman–Crippen LogP) is 2.96. The summed E-state index contributed by atoms with van der Waals surface area (Å²) in [6.45, 7) is 3.58. The lowest BCUT2D eigenvalue weighted by atomic mass is 9.86. The van der Waals surface area contributed by atoms with E-state index in [-0.39, 0.29) is 18.3 Å². The molecule has 0 bridgehead atoms. The molecule has 0 aromatic rings. The number of carbonyl (C=O) groups excluding carboxylic acids is 2. The second kappa shape index (κ2) is 12.5. The van der Waals surface area contributed by atoms with E-state index in [0.717, 1.165) is 38.6 Å². The smallest absolute Gasteiger partial charge is 0.222 e. The summed E-state index contributed by atoms with van der Waals surface area (Å²) < 4.78 is 0. The minimum atomic E-state index is 0. The first kappa shape index (κ1) is 22.2. The lowest BCUT2D eigenvalue weighted by Crippen LogP contribution is -2.50. The Morgan fingerprint density at radius 2 is 1.36 bits per heavy atom. The summed E-state index contributed by atoms with van der Waals surface area (Å²) in [5, 5.41) is 0. The van der Waals surface area contributed by atoms with Crippen molar-refractivity contribution in [3.8, 4) is 0 Å². The maximum Gasteiger partial charge on any atom is 0.222 e. The average molecular weight is 374 g/mol. The van der Waals surface area contributed by atoms with Crippen LogP contribution < -0.4 is 5.73 Å². The van der Waals surface area contributed by atoms with Gasteiger partial charge >= 0.3 is 0 Å². The maximum atomic E-state index is 12.4. The first-order valence-electron chi connectivity index (χ1n) is 9.96. The summed E-state index contributed by atoms with van der Waals surface area (Å²) in [6, 6.07) is 0. The zero-order chi connectivity index (χ0) is 17.2. The highest BCUT2D eigenvalue weighted by Crippen LogP contribution is 2.27. The maximum absolute atomic E-state index is 12.4. The molecular formula is C19H36ClN3O2. The van der Waals surface area contributed by atoms with Gasteiger partial charge in [-0.3, -0.25) is 9.59 Å². The largest absolute Gasteiger partial charge is 0.339 e. The molecule has 2 N–H and O–H groups in total. The van der Waals surface area contributed by atoms with E-state index in [9.17, 15) is 9.59 Å². The minimum Gasteiger partial charge on any atom is -0.339 e. The number of hydrogen-bond acceptors (Lipinski definition) is 3. The number of nitrogens with zero attached hydrogens (tertiary/aromatic N) is 2. The Kier molecular flexibility index (Phi) is 11.1. The molecule has 0 aromatic carbocycles. The molecule has 1 saturated heterocycles. The van der Waals surface area contributed by atoms with E-state index < -0.39 is 0 Å². The summed E-state index contributed by atoms with van der Waals surface area (Å²) in [5.41, 5.74) is 5.48. The molecule has 1 saturated carbocycles. The van der Waals surface area contributed by atoms with E-state index in [1.54, 1.807) is 0 Å². The van der Waals surface area contributed by atoms with Gasteiger partial charge in [-0.2, -0.15) is 0 Å². The molecule has 2 fully saturated rings. The Hall–Kier alpha value is -0.810. The molecule has 0 spiro atoms. The van der Waals surface area contributed by atoms with Crippen molar-refractivity contribution in [2.24, 2.45) is 11.7 Å². The van der Waals surface area contributed by atoms with Gasteiger partial charge in [-0.25, -0.2) is 0 Å². The zero-order valence-corrected chi connectivity index (χ0v) is 16.4. The van der Waals surface area contributed by atoms with Crippen LogP contribution in [0.1, 0.15) is 70.6 Å². The summed E-state index contributed by atoms with van der Waals surface area (Å²) in [6.07, 6.45) is 11.9.